The number of aliphatic hydroxyl groups excluding tert-OH is 2. The van der Waals surface area contributed by atoms with E-state index in [0.29, 0.717) is 23.8 Å². The maximum atomic E-state index is 14.8. The van der Waals surface area contributed by atoms with Gasteiger partial charge in [0, 0.05) is 67.2 Å². The lowest BCUT2D eigenvalue weighted by atomic mass is 9.78. The number of phenolic OH excluding ortho intramolecular Hbond substituents is 1. The van der Waals surface area contributed by atoms with Crippen LogP contribution in [0.4, 0.5) is 5.69 Å². The molecule has 0 aromatic heterocycles. The second-order valence-electron chi connectivity index (χ2n) is 18.4. The van der Waals surface area contributed by atoms with Crippen molar-refractivity contribution in [2.45, 2.75) is 98.4 Å². The molecule has 354 valence electrons. The molecular formula is C50H61N3O13. The summed E-state index contributed by atoms with van der Waals surface area (Å²) in [5, 5.41) is 37.2. The number of aromatic hydroxyl groups is 1. The van der Waals surface area contributed by atoms with Crippen molar-refractivity contribution in [1.82, 2.24) is 9.88 Å². The first-order chi connectivity index (χ1) is 31.3. The molecule has 1 aliphatic carbocycles. The number of carbonyl (C=O) groups excluding carboxylic acids is 3. The van der Waals surface area contributed by atoms with Gasteiger partial charge in [0.2, 0.25) is 5.43 Å². The molecule has 4 heterocycles. The third-order valence-electron chi connectivity index (χ3n) is 13.6. The minimum Gasteiger partial charge on any atom is -0.507 e. The van der Waals surface area contributed by atoms with E-state index in [1.165, 1.54) is 53.2 Å². The monoisotopic (exact) mass is 911 g/mol. The Balaban J connectivity index is 1.39. The number of aliphatic hydroxyl groups is 2. The summed E-state index contributed by atoms with van der Waals surface area (Å²) in [7, 11) is 3.55. The highest BCUT2D eigenvalue weighted by Crippen LogP contribution is 2.50. The maximum Gasteiger partial charge on any atom is 0.312 e. The fourth-order valence-electron chi connectivity index (χ4n) is 9.32. The van der Waals surface area contributed by atoms with Crippen LogP contribution in [0.5, 0.6) is 17.2 Å². The van der Waals surface area contributed by atoms with Crippen LogP contribution in [0, 0.1) is 36.5 Å². The van der Waals surface area contributed by atoms with E-state index in [1.807, 2.05) is 0 Å². The Morgan fingerprint density at radius 1 is 1.00 bits per heavy atom. The van der Waals surface area contributed by atoms with Crippen LogP contribution in [0.15, 0.2) is 63.6 Å². The molecule has 4 N–H and O–H groups in total. The predicted molar refractivity (Wildman–Crippen MR) is 247 cm³/mol. The Hall–Kier alpha value is -5.81. The van der Waals surface area contributed by atoms with Gasteiger partial charge in [-0.1, -0.05) is 45.9 Å². The zero-order valence-corrected chi connectivity index (χ0v) is 39.2. The number of carbonyl (C=O) groups is 3. The SMILES string of the molecule is CO[C@H]1/C=C/O[C@@]2(C)Oc3c(C)c(O)c4c(=O)c(c5oc6cc(OCC7CCN(C)CC7)ccc6nc-5c4c3C2=O)NC(=O)/C(C)=C\C=C\[C@H](C)[C@H](O)[C@@H](C)[C@@H](O)[C@@H](C)[C@H](OC(C)=O)[C@@H]1C. The summed E-state index contributed by atoms with van der Waals surface area (Å²) >= 11 is 0. The van der Waals surface area contributed by atoms with Gasteiger partial charge < -0.3 is 53.6 Å². The number of amides is 1. The molecule has 1 amide bonds. The fraction of sp³-hybridized carbons (Fsp3) is 0.500. The molecule has 16 heteroatoms. The molecule has 66 heavy (non-hydrogen) atoms. The summed E-state index contributed by atoms with van der Waals surface area (Å²) in [5.74, 6) is -6.33. The van der Waals surface area contributed by atoms with Crippen molar-refractivity contribution >= 4 is 45.2 Å². The van der Waals surface area contributed by atoms with Gasteiger partial charge in [-0.3, -0.25) is 19.2 Å². The molecule has 1 fully saturated rings. The van der Waals surface area contributed by atoms with Crippen LogP contribution < -0.4 is 20.2 Å². The number of fused-ring (bicyclic) bond motifs is 2. The highest BCUT2D eigenvalue weighted by Gasteiger charge is 2.50. The molecule has 0 saturated carbocycles. The van der Waals surface area contributed by atoms with E-state index in [1.54, 1.807) is 58.0 Å². The number of ketones is 1. The number of ether oxygens (including phenoxy) is 5. The molecule has 16 nitrogen and oxygen atoms in total. The number of anilines is 1. The Bertz CT molecular complexity index is 2650. The number of piperidine rings is 1. The molecule has 4 bridgehead atoms. The second kappa shape index (κ2) is 19.2. The van der Waals surface area contributed by atoms with Crippen LogP contribution in [0.25, 0.3) is 33.3 Å². The lowest BCUT2D eigenvalue weighted by Gasteiger charge is -2.38. The zero-order valence-electron chi connectivity index (χ0n) is 39.2. The summed E-state index contributed by atoms with van der Waals surface area (Å²) in [6.45, 7) is 15.1. The van der Waals surface area contributed by atoms with E-state index in [0.717, 1.165) is 25.9 Å². The first-order valence-electron chi connectivity index (χ1n) is 22.5. The number of hydrogen-bond donors (Lipinski definition) is 4. The van der Waals surface area contributed by atoms with E-state index in [2.05, 4.69) is 17.3 Å². The third-order valence-corrected chi connectivity index (χ3v) is 13.6. The maximum absolute atomic E-state index is 14.8. The van der Waals surface area contributed by atoms with Crippen molar-refractivity contribution in [3.63, 3.8) is 0 Å². The summed E-state index contributed by atoms with van der Waals surface area (Å²) in [6, 6.07) is 5.11. The number of allylic oxidation sites excluding steroid dienone is 2. The number of rotatable bonds is 5. The number of phenols is 1. The van der Waals surface area contributed by atoms with E-state index >= 15 is 0 Å². The van der Waals surface area contributed by atoms with Crippen molar-refractivity contribution in [1.29, 1.82) is 0 Å². The quantitative estimate of drug-likeness (QED) is 0.0935. The third kappa shape index (κ3) is 9.15. The van der Waals surface area contributed by atoms with Crippen molar-refractivity contribution in [2.75, 3.05) is 39.2 Å². The molecule has 9 atom stereocenters. The standard InChI is InChI=1S/C50H61N3O13/c1-24-12-11-13-25(2)49(60)52-40-44(58)37-36(39-47(40)65-35-22-32(14-15-33(35)51-39)62-23-31-16-19-53(9)20-17-31)38-46(29(6)43(37)57)66-50(8,48(38)59)63-21-18-34(61-10)26(3)45(64-30(7)54)28(5)42(56)27(4)41(24)55/h11-15,18,21-22,24,26-28,31,34,41-42,45,55-57H,16-17,19-20,23H2,1-10H3,(H,52,60)/b12-11+,21-18+,25-13-/t24-,26+,27+,28+,34-,41-,42+,45+,50-/m0/s1. The molecule has 0 unspecified atom stereocenters. The Kier molecular flexibility index (Phi) is 14.0. The van der Waals surface area contributed by atoms with Crippen LogP contribution in [0.2, 0.25) is 0 Å². The summed E-state index contributed by atoms with van der Waals surface area (Å²) < 4.78 is 36.6. The molecule has 2 aromatic rings. The fourth-order valence-corrected chi connectivity index (χ4v) is 9.32. The van der Waals surface area contributed by atoms with Gasteiger partial charge in [0.1, 0.15) is 40.3 Å². The number of nitrogens with one attached hydrogen (secondary N) is 1. The van der Waals surface area contributed by atoms with E-state index in [-0.39, 0.29) is 55.9 Å². The average molecular weight is 912 g/mol. The Labute approximate surface area is 383 Å². The van der Waals surface area contributed by atoms with Gasteiger partial charge in [0.15, 0.2) is 11.3 Å². The van der Waals surface area contributed by atoms with Crippen molar-refractivity contribution in [2.24, 2.45) is 29.6 Å². The number of methoxy groups -OCH3 is 1. The van der Waals surface area contributed by atoms with Crippen LogP contribution in [-0.4, -0.2) is 107 Å². The Morgan fingerprint density at radius 3 is 2.39 bits per heavy atom. The number of hydrogen-bond acceptors (Lipinski definition) is 15. The van der Waals surface area contributed by atoms with Gasteiger partial charge in [-0.2, -0.15) is 0 Å². The minimum atomic E-state index is -2.04. The van der Waals surface area contributed by atoms with Gasteiger partial charge >= 0.3 is 11.8 Å². The second-order valence-corrected chi connectivity index (χ2v) is 18.4. The first kappa shape index (κ1) is 48.1. The van der Waals surface area contributed by atoms with Gasteiger partial charge in [-0.25, -0.2) is 4.98 Å². The van der Waals surface area contributed by atoms with E-state index in [4.69, 9.17) is 33.1 Å². The number of aromatic nitrogens is 1. The van der Waals surface area contributed by atoms with Crippen LogP contribution in [-0.2, 0) is 23.8 Å². The number of nitrogens with zero attached hydrogens (tertiary/aromatic N) is 2. The van der Waals surface area contributed by atoms with Crippen molar-refractivity contribution in [3.8, 4) is 28.7 Å². The molecular weight excluding hydrogens is 851 g/mol. The molecule has 7 rings (SSSR count). The smallest absolute Gasteiger partial charge is 0.312 e. The molecule has 5 aliphatic rings. The number of Topliss-reactive ketones (excluding diaryl/α,β-unsaturated/α-hetero) is 1. The van der Waals surface area contributed by atoms with Gasteiger partial charge in [0.05, 0.1) is 42.1 Å². The summed E-state index contributed by atoms with van der Waals surface area (Å²) in [6.07, 6.45) is 5.63. The molecule has 0 radical (unpaired) electrons. The van der Waals surface area contributed by atoms with Gasteiger partial charge in [0.25, 0.3) is 11.7 Å². The van der Waals surface area contributed by atoms with E-state index < -0.39 is 82.7 Å². The molecule has 0 spiro atoms. The topological polar surface area (TPSA) is 216 Å². The largest absolute Gasteiger partial charge is 0.507 e. The normalized spacial score (nSPS) is 30.2. The lowest BCUT2D eigenvalue weighted by Crippen LogP contribution is -2.46. The number of benzene rings is 3. The molecule has 1 saturated heterocycles. The Morgan fingerprint density at radius 2 is 1.71 bits per heavy atom. The number of likely N-dealkylation sites (tertiary alicyclic amines) is 1. The molecule has 2 aromatic carbocycles. The summed E-state index contributed by atoms with van der Waals surface area (Å²) in [5.41, 5.74) is -0.465. The minimum absolute atomic E-state index is 0.00954. The highest BCUT2D eigenvalue weighted by atomic mass is 16.7. The van der Waals surface area contributed by atoms with Gasteiger partial charge in [-0.15, -0.1) is 0 Å². The highest BCUT2D eigenvalue weighted by molar-refractivity contribution is 6.22. The van der Waals surface area contributed by atoms with Crippen LogP contribution in [0.1, 0.15) is 77.2 Å². The van der Waals surface area contributed by atoms with Crippen molar-refractivity contribution < 1.29 is 57.8 Å². The predicted octanol–water partition coefficient (Wildman–Crippen LogP) is 6.67. The molecule has 4 aliphatic heterocycles. The lowest BCUT2D eigenvalue weighted by molar-refractivity contribution is -0.160. The van der Waals surface area contributed by atoms with E-state index in [9.17, 15) is 34.5 Å². The van der Waals surface area contributed by atoms with Crippen molar-refractivity contribution in [3.05, 3.63) is 75.7 Å². The average Bonchev–Trinajstić information content (AvgIpc) is 3.56. The van der Waals surface area contributed by atoms with Crippen LogP contribution >= 0.6 is 0 Å². The van der Waals surface area contributed by atoms with Gasteiger partial charge in [-0.05, 0) is 71.0 Å². The first-order valence-corrected chi connectivity index (χ1v) is 22.5. The number of esters is 1. The summed E-state index contributed by atoms with van der Waals surface area (Å²) in [4.78, 5) is 63.2. The zero-order chi connectivity index (χ0) is 47.9. The van der Waals surface area contributed by atoms with Crippen LogP contribution in [0.3, 0.4) is 0 Å².